The van der Waals surface area contributed by atoms with E-state index in [1.54, 1.807) is 22.7 Å². The van der Waals surface area contributed by atoms with Crippen LogP contribution in [0.25, 0.3) is 31.3 Å². The van der Waals surface area contributed by atoms with E-state index in [1.807, 2.05) is 12.1 Å². The minimum absolute atomic E-state index is 0.0266. The van der Waals surface area contributed by atoms with Gasteiger partial charge in [0.05, 0.1) is 0 Å². The van der Waals surface area contributed by atoms with Gasteiger partial charge in [0, 0.05) is 38.5 Å². The van der Waals surface area contributed by atoms with Gasteiger partial charge >= 0.3 is 0 Å². The van der Waals surface area contributed by atoms with Crippen LogP contribution in [0.4, 0.5) is 10.0 Å². The Morgan fingerprint density at radius 1 is 0.509 bits per heavy atom. The summed E-state index contributed by atoms with van der Waals surface area (Å²) in [5.74, 6) is 1.54. The lowest BCUT2D eigenvalue weighted by Gasteiger charge is -2.39. The van der Waals surface area contributed by atoms with Crippen molar-refractivity contribution in [3.63, 3.8) is 0 Å². The highest BCUT2D eigenvalue weighted by atomic mass is 32.1. The van der Waals surface area contributed by atoms with Gasteiger partial charge in [0.25, 0.3) is 0 Å². The van der Waals surface area contributed by atoms with Crippen LogP contribution in [0, 0.1) is 47.3 Å². The third-order valence-electron chi connectivity index (χ3n) is 15.0. The second-order valence-corrected chi connectivity index (χ2v) is 20.1. The van der Waals surface area contributed by atoms with Crippen LogP contribution in [0.5, 0.6) is 0 Å². The fraction of sp³-hybridized carbons (Fsp3) is 0.511. The van der Waals surface area contributed by atoms with Crippen molar-refractivity contribution >= 4 is 87.4 Å². The second-order valence-electron chi connectivity index (χ2n) is 18.0. The standard InChI is InChI=1S/C45H44N2O4S2/c1-45(2)33-15-25-17-37(46-39-41(48)29-11-21-7-3-4-8-22(21)12-30(29)42(39)49)52-35(25)19-27(33)28-20-36-26(16-34(28)45)18-38(53-36)47-40-43(50)31-13-23-9-5-6-10-24(23)14-32(31)44(40)51/h15-24,29-32H,3-14H2,1-2H3. The van der Waals surface area contributed by atoms with Crippen LogP contribution in [0.3, 0.4) is 0 Å². The normalized spacial score (nSPS) is 32.8. The van der Waals surface area contributed by atoms with Crippen molar-refractivity contribution in [1.29, 1.82) is 0 Å². The number of rotatable bonds is 2. The van der Waals surface area contributed by atoms with E-state index < -0.39 is 0 Å². The first-order valence-electron chi connectivity index (χ1n) is 20.1. The molecule has 0 aliphatic heterocycles. The summed E-state index contributed by atoms with van der Waals surface area (Å²) in [7, 11) is 0. The molecule has 2 aromatic heterocycles. The summed E-state index contributed by atoms with van der Waals surface area (Å²) in [5.41, 5.74) is 5.00. The first-order valence-corrected chi connectivity index (χ1v) is 21.8. The summed E-state index contributed by atoms with van der Waals surface area (Å²) < 4.78 is 2.18. The van der Waals surface area contributed by atoms with Crippen LogP contribution in [0.15, 0.2) is 46.4 Å². The Balaban J connectivity index is 0.905. The molecule has 0 radical (unpaired) electrons. The van der Waals surface area contributed by atoms with Crippen LogP contribution in [-0.2, 0) is 24.6 Å². The smallest absolute Gasteiger partial charge is 0.188 e. The molecule has 6 saturated carbocycles. The lowest BCUT2D eigenvalue weighted by atomic mass is 9.64. The van der Waals surface area contributed by atoms with E-state index in [0.29, 0.717) is 23.7 Å². The minimum atomic E-state index is -0.247. The first-order chi connectivity index (χ1) is 25.6. The molecule has 8 unspecified atom stereocenters. The molecule has 6 nitrogen and oxygen atoms in total. The van der Waals surface area contributed by atoms with E-state index in [0.717, 1.165) is 55.9 Å². The lowest BCUT2D eigenvalue weighted by Crippen LogP contribution is -2.35. The van der Waals surface area contributed by atoms with Crippen molar-refractivity contribution in [3.05, 3.63) is 47.5 Å². The van der Waals surface area contributed by atoms with Gasteiger partial charge in [0.15, 0.2) is 34.6 Å². The number of benzene rings is 2. The van der Waals surface area contributed by atoms with Crippen molar-refractivity contribution < 1.29 is 19.2 Å². The largest absolute Gasteiger partial charge is 0.292 e. The van der Waals surface area contributed by atoms with E-state index in [2.05, 4.69) is 38.1 Å². The summed E-state index contributed by atoms with van der Waals surface area (Å²) in [5, 5.41) is 3.62. The molecular weight excluding hydrogens is 697 g/mol. The molecule has 11 rings (SSSR count). The highest BCUT2D eigenvalue weighted by Crippen LogP contribution is 2.54. The number of carbonyl (C=O) groups is 4. The molecule has 0 amide bonds. The van der Waals surface area contributed by atoms with Gasteiger partial charge in [-0.2, -0.15) is 0 Å². The molecule has 8 atom stereocenters. The van der Waals surface area contributed by atoms with Crippen molar-refractivity contribution in [3.8, 4) is 11.1 Å². The summed E-state index contributed by atoms with van der Waals surface area (Å²) >= 11 is 3.10. The van der Waals surface area contributed by atoms with Gasteiger partial charge in [-0.3, -0.25) is 19.2 Å². The summed E-state index contributed by atoms with van der Waals surface area (Å²) in [6, 6.07) is 13.1. The number of nitrogens with zero attached hydrogens (tertiary/aromatic N) is 2. The van der Waals surface area contributed by atoms with E-state index in [4.69, 9.17) is 9.98 Å². The number of fused-ring (bicyclic) bond motifs is 9. The van der Waals surface area contributed by atoms with Crippen LogP contribution >= 0.6 is 22.7 Å². The van der Waals surface area contributed by atoms with E-state index in [1.165, 1.54) is 73.6 Å². The van der Waals surface area contributed by atoms with Gasteiger partial charge in [-0.1, -0.05) is 65.2 Å². The van der Waals surface area contributed by atoms with Crippen molar-refractivity contribution in [1.82, 2.24) is 0 Å². The Morgan fingerprint density at radius 2 is 0.849 bits per heavy atom. The van der Waals surface area contributed by atoms with Gasteiger partial charge in [-0.25, -0.2) is 9.98 Å². The van der Waals surface area contributed by atoms with E-state index in [-0.39, 0.29) is 63.6 Å². The lowest BCUT2D eigenvalue weighted by molar-refractivity contribution is -0.123. The summed E-state index contributed by atoms with van der Waals surface area (Å²) in [4.78, 5) is 63.9. The quantitative estimate of drug-likeness (QED) is 0.204. The fourth-order valence-electron chi connectivity index (χ4n) is 12.2. The van der Waals surface area contributed by atoms with Gasteiger partial charge < -0.3 is 0 Å². The Kier molecular flexibility index (Phi) is 7.23. The number of thiophene rings is 2. The molecule has 4 aromatic rings. The van der Waals surface area contributed by atoms with Crippen molar-refractivity contribution in [2.45, 2.75) is 96.3 Å². The predicted molar refractivity (Wildman–Crippen MR) is 212 cm³/mol. The van der Waals surface area contributed by atoms with Crippen LogP contribution in [0.1, 0.15) is 102 Å². The van der Waals surface area contributed by atoms with E-state index >= 15 is 0 Å². The molecule has 7 aliphatic carbocycles. The maximum atomic E-state index is 13.6. The third-order valence-corrected chi connectivity index (χ3v) is 17.0. The molecular formula is C45H44N2O4S2. The van der Waals surface area contributed by atoms with Crippen molar-refractivity contribution in [2.75, 3.05) is 0 Å². The monoisotopic (exact) mass is 740 g/mol. The van der Waals surface area contributed by atoms with Crippen LogP contribution < -0.4 is 0 Å². The number of aliphatic imine (C=N–C) groups is 2. The van der Waals surface area contributed by atoms with Gasteiger partial charge in [-0.05, 0) is 119 Å². The van der Waals surface area contributed by atoms with Gasteiger partial charge in [-0.15, -0.1) is 22.7 Å². The Labute approximate surface area is 317 Å². The Bertz CT molecular complexity index is 2160. The van der Waals surface area contributed by atoms with Gasteiger partial charge in [0.2, 0.25) is 0 Å². The highest BCUT2D eigenvalue weighted by Gasteiger charge is 2.53. The molecule has 6 fully saturated rings. The number of hydrogen-bond donors (Lipinski definition) is 0. The molecule has 2 heterocycles. The molecule has 270 valence electrons. The number of ketones is 4. The zero-order chi connectivity index (χ0) is 35.9. The van der Waals surface area contributed by atoms with Crippen LogP contribution in [-0.4, -0.2) is 34.6 Å². The topological polar surface area (TPSA) is 93.0 Å². The molecule has 8 heteroatoms. The molecule has 0 bridgehead atoms. The first kappa shape index (κ1) is 32.8. The maximum absolute atomic E-state index is 13.6. The number of hydrogen-bond acceptors (Lipinski definition) is 8. The van der Waals surface area contributed by atoms with Crippen molar-refractivity contribution in [2.24, 2.45) is 57.3 Å². The molecule has 53 heavy (non-hydrogen) atoms. The highest BCUT2D eigenvalue weighted by molar-refractivity contribution is 7.23. The number of Topliss-reactive ketones (excluding diaryl/α,β-unsaturated/α-hetero) is 4. The summed E-state index contributed by atoms with van der Waals surface area (Å²) in [6.45, 7) is 4.53. The summed E-state index contributed by atoms with van der Waals surface area (Å²) in [6.07, 6.45) is 13.2. The van der Waals surface area contributed by atoms with Crippen LogP contribution in [0.2, 0.25) is 0 Å². The fourth-order valence-corrected chi connectivity index (χ4v) is 14.1. The zero-order valence-electron chi connectivity index (χ0n) is 30.4. The Hall–Kier alpha value is -3.62. The SMILES string of the molecule is CC1(C)c2cc3cc(N=C4C(=O)C5CC6CCCCC6CC5C4=O)sc3cc2-c2cc3sc(N=C4C(=O)C5CC6CCCCC6CC5C4=O)cc3cc21. The predicted octanol–water partition coefficient (Wildman–Crippen LogP) is 10.5. The molecule has 7 aliphatic rings. The minimum Gasteiger partial charge on any atom is -0.292 e. The third kappa shape index (κ3) is 4.86. The molecule has 0 spiro atoms. The molecule has 2 aromatic carbocycles. The Morgan fingerprint density at radius 3 is 1.19 bits per heavy atom. The average Bonchev–Trinajstić information content (AvgIpc) is 3.91. The molecule has 0 N–H and O–H groups in total. The number of carbonyl (C=O) groups excluding carboxylic acids is 4. The average molecular weight is 741 g/mol. The molecule has 0 saturated heterocycles. The van der Waals surface area contributed by atoms with Gasteiger partial charge in [0.1, 0.15) is 10.0 Å². The van der Waals surface area contributed by atoms with E-state index in [9.17, 15) is 19.2 Å². The second kappa shape index (κ2) is 11.7. The maximum Gasteiger partial charge on any atom is 0.188 e. The zero-order valence-corrected chi connectivity index (χ0v) is 32.0.